The average Bonchev–Trinajstić information content (AvgIpc) is 1.77. The van der Waals surface area contributed by atoms with Crippen molar-refractivity contribution in [1.82, 2.24) is 0 Å². The van der Waals surface area contributed by atoms with Crippen LogP contribution in [0.25, 0.3) is 0 Å². The zero-order valence-electron chi connectivity index (χ0n) is 4.89. The summed E-state index contributed by atoms with van der Waals surface area (Å²) < 4.78 is 0. The van der Waals surface area contributed by atoms with Gasteiger partial charge in [0.1, 0.15) is 0 Å². The minimum absolute atomic E-state index is 0. The van der Waals surface area contributed by atoms with Gasteiger partial charge in [-0.2, -0.15) is 0 Å². The topological polar surface area (TPSA) is 26.0 Å². The third kappa shape index (κ3) is 2.13. The van der Waals surface area contributed by atoms with E-state index in [9.17, 15) is 0 Å². The molecule has 1 aromatic rings. The molecule has 9 heavy (non-hydrogen) atoms. The molecule has 0 spiro atoms. The number of nitrogen functional groups attached to an aromatic ring is 1. The summed E-state index contributed by atoms with van der Waals surface area (Å²) in [6.07, 6.45) is 0. The number of para-hydroxylation sites is 1. The monoisotopic (exact) mass is 115 g/mol. The molecule has 0 fully saturated rings. The van der Waals surface area contributed by atoms with Gasteiger partial charge in [0, 0.05) is 5.69 Å². The Bertz CT molecular complexity index is 165. The molecule has 2 N–H and O–H groups in total. The molecule has 0 amide bonds. The summed E-state index contributed by atoms with van der Waals surface area (Å²) in [5, 5.41) is 0. The fraction of sp³-hybridized carbons (Fsp3) is 0.143. The average molecular weight is 115 g/mol. The summed E-state index contributed by atoms with van der Waals surface area (Å²) >= 11 is 0. The van der Waals surface area contributed by atoms with Gasteiger partial charge in [0.2, 0.25) is 0 Å². The van der Waals surface area contributed by atoms with Gasteiger partial charge >= 0.3 is 18.9 Å². The number of nitrogens with two attached hydrogens (primary N) is 1. The van der Waals surface area contributed by atoms with Gasteiger partial charge in [0.05, 0.1) is 0 Å². The fourth-order valence-corrected chi connectivity index (χ4v) is 0.587. The van der Waals surface area contributed by atoms with Gasteiger partial charge in [0.15, 0.2) is 0 Å². The number of hydrogen-bond acceptors (Lipinski definition) is 1. The molecule has 0 aromatic heterocycles. The number of aryl methyl sites for hydroxylation is 1. The van der Waals surface area contributed by atoms with E-state index < -0.39 is 0 Å². The number of rotatable bonds is 0. The second-order valence-corrected chi connectivity index (χ2v) is 1.86. The summed E-state index contributed by atoms with van der Waals surface area (Å²) in [5.74, 6) is 0. The van der Waals surface area contributed by atoms with Crippen LogP contribution in [-0.4, -0.2) is 18.9 Å². The molecule has 0 aliphatic carbocycles. The van der Waals surface area contributed by atoms with Gasteiger partial charge < -0.3 is 5.73 Å². The molecular weight excluding hydrogens is 105 g/mol. The Labute approximate surface area is 67.4 Å². The van der Waals surface area contributed by atoms with Crippen LogP contribution in [-0.2, 0) is 0 Å². The predicted molar refractivity (Wildman–Crippen MR) is 42.7 cm³/mol. The first kappa shape index (κ1) is 8.62. The molecule has 0 radical (unpaired) electrons. The molecule has 0 unspecified atom stereocenters. The van der Waals surface area contributed by atoms with E-state index in [-0.39, 0.29) is 18.9 Å². The molecule has 0 saturated heterocycles. The second-order valence-electron chi connectivity index (χ2n) is 1.86. The normalized spacial score (nSPS) is 8.11. The van der Waals surface area contributed by atoms with E-state index >= 15 is 0 Å². The summed E-state index contributed by atoms with van der Waals surface area (Å²) in [5.41, 5.74) is 7.53. The van der Waals surface area contributed by atoms with Gasteiger partial charge in [-0.05, 0) is 18.6 Å². The quantitative estimate of drug-likeness (QED) is 0.395. The van der Waals surface area contributed by atoms with Crippen molar-refractivity contribution in [2.75, 3.05) is 5.73 Å². The molecule has 1 rings (SSSR count). The molecule has 0 atom stereocenters. The van der Waals surface area contributed by atoms with E-state index in [0.29, 0.717) is 0 Å². The molecular formula is C7H10LiN. The zero-order valence-corrected chi connectivity index (χ0v) is 4.89. The van der Waals surface area contributed by atoms with E-state index in [2.05, 4.69) is 0 Å². The van der Waals surface area contributed by atoms with Gasteiger partial charge in [-0.1, -0.05) is 18.2 Å². The van der Waals surface area contributed by atoms with Crippen molar-refractivity contribution in [3.8, 4) is 0 Å². The van der Waals surface area contributed by atoms with E-state index in [4.69, 9.17) is 5.73 Å². The van der Waals surface area contributed by atoms with E-state index in [0.717, 1.165) is 11.3 Å². The molecule has 0 saturated carbocycles. The molecule has 0 bridgehead atoms. The summed E-state index contributed by atoms with van der Waals surface area (Å²) in [6.45, 7) is 2.00. The van der Waals surface area contributed by atoms with Gasteiger partial charge in [-0.25, -0.2) is 0 Å². The molecule has 0 heterocycles. The Kier molecular flexibility index (Phi) is 3.45. The van der Waals surface area contributed by atoms with Crippen molar-refractivity contribution in [2.24, 2.45) is 0 Å². The van der Waals surface area contributed by atoms with Crippen LogP contribution in [0.5, 0.6) is 0 Å². The van der Waals surface area contributed by atoms with Gasteiger partial charge in [-0.15, -0.1) is 0 Å². The van der Waals surface area contributed by atoms with Crippen LogP contribution in [0.3, 0.4) is 0 Å². The first-order chi connectivity index (χ1) is 3.80. The molecule has 0 aliphatic heterocycles. The fourth-order valence-electron chi connectivity index (χ4n) is 0.587. The number of hydrogen-bond donors (Lipinski definition) is 1. The van der Waals surface area contributed by atoms with Crippen LogP contribution < -0.4 is 5.73 Å². The summed E-state index contributed by atoms with van der Waals surface area (Å²) in [4.78, 5) is 0. The predicted octanol–water partition coefficient (Wildman–Crippen LogP) is 0.929. The van der Waals surface area contributed by atoms with Crippen LogP contribution in [0.1, 0.15) is 5.56 Å². The third-order valence-electron chi connectivity index (χ3n) is 1.19. The number of anilines is 1. The molecule has 0 aliphatic rings. The van der Waals surface area contributed by atoms with Crippen LogP contribution in [0.15, 0.2) is 24.3 Å². The van der Waals surface area contributed by atoms with Crippen molar-refractivity contribution in [3.05, 3.63) is 29.8 Å². The Balaban J connectivity index is 0.000000640. The standard InChI is InChI=1S/C7H9N.Li.H/c1-6-4-2-3-5-7(6)8;;/h2-5H,8H2,1H3;;. The van der Waals surface area contributed by atoms with Gasteiger partial charge in [-0.3, -0.25) is 0 Å². The second kappa shape index (κ2) is 3.61. The van der Waals surface area contributed by atoms with Crippen molar-refractivity contribution in [3.63, 3.8) is 0 Å². The maximum absolute atomic E-state index is 5.52. The maximum atomic E-state index is 5.52. The van der Waals surface area contributed by atoms with Crippen molar-refractivity contribution < 1.29 is 0 Å². The van der Waals surface area contributed by atoms with E-state index in [1.54, 1.807) is 0 Å². The van der Waals surface area contributed by atoms with Gasteiger partial charge in [0.25, 0.3) is 0 Å². The Morgan fingerprint density at radius 3 is 2.11 bits per heavy atom. The Morgan fingerprint density at radius 1 is 1.22 bits per heavy atom. The first-order valence-corrected chi connectivity index (χ1v) is 2.62. The molecule has 2 heteroatoms. The van der Waals surface area contributed by atoms with Crippen LogP contribution in [0.4, 0.5) is 5.69 Å². The van der Waals surface area contributed by atoms with Crippen LogP contribution in [0, 0.1) is 6.92 Å². The Morgan fingerprint density at radius 2 is 1.78 bits per heavy atom. The summed E-state index contributed by atoms with van der Waals surface area (Å²) in [7, 11) is 0. The van der Waals surface area contributed by atoms with Crippen LogP contribution in [0.2, 0.25) is 0 Å². The minimum atomic E-state index is 0. The third-order valence-corrected chi connectivity index (χ3v) is 1.19. The molecule has 44 valence electrons. The SMILES string of the molecule is Cc1ccccc1N.[LiH]. The van der Waals surface area contributed by atoms with Crippen LogP contribution >= 0.6 is 0 Å². The Hall–Kier alpha value is -0.383. The molecule has 1 nitrogen and oxygen atoms in total. The zero-order chi connectivity index (χ0) is 5.98. The first-order valence-electron chi connectivity index (χ1n) is 2.62. The van der Waals surface area contributed by atoms with Crippen molar-refractivity contribution in [1.29, 1.82) is 0 Å². The van der Waals surface area contributed by atoms with E-state index in [1.807, 2.05) is 31.2 Å². The van der Waals surface area contributed by atoms with E-state index in [1.165, 1.54) is 0 Å². The van der Waals surface area contributed by atoms with Crippen molar-refractivity contribution in [2.45, 2.75) is 6.92 Å². The number of benzene rings is 1. The van der Waals surface area contributed by atoms with Crippen molar-refractivity contribution >= 4 is 24.5 Å². The molecule has 1 aromatic carbocycles. The summed E-state index contributed by atoms with van der Waals surface area (Å²) in [6, 6.07) is 7.80.